The minimum Gasteiger partial charge on any atom is -0.460 e. The van der Waals surface area contributed by atoms with Gasteiger partial charge in [0.25, 0.3) is 0 Å². The summed E-state index contributed by atoms with van der Waals surface area (Å²) in [6.45, 7) is 9.29. The van der Waals surface area contributed by atoms with E-state index in [1.54, 1.807) is 45.1 Å². The van der Waals surface area contributed by atoms with Crippen LogP contribution in [0.1, 0.15) is 64.6 Å². The number of aliphatic hydroxyl groups excluding tert-OH is 2. The minimum atomic E-state index is -1.06. The van der Waals surface area contributed by atoms with Gasteiger partial charge in [-0.05, 0) is 51.0 Å². The SMILES string of the molecule is CSN(C)c1nc(-c2ccc(F)cc2)c(/C=C/C(O)CC(O)CC(=O)OC(C)(C)C)c(C(C)C)n1. The second-order valence-electron chi connectivity index (χ2n) is 9.62. The Morgan fingerprint density at radius 2 is 1.83 bits per heavy atom. The Morgan fingerprint density at radius 1 is 1.20 bits per heavy atom. The monoisotopic (exact) mass is 505 g/mol. The quantitative estimate of drug-likeness (QED) is 0.345. The number of nitrogens with zero attached hydrogens (tertiary/aromatic N) is 3. The summed E-state index contributed by atoms with van der Waals surface area (Å²) in [5, 5.41) is 20.8. The molecule has 9 heteroatoms. The molecule has 0 spiro atoms. The molecule has 2 aromatic rings. The highest BCUT2D eigenvalue weighted by Gasteiger charge is 2.22. The Balaban J connectivity index is 2.36. The van der Waals surface area contributed by atoms with E-state index in [1.165, 1.54) is 24.1 Å². The van der Waals surface area contributed by atoms with Crippen molar-refractivity contribution in [1.82, 2.24) is 9.97 Å². The lowest BCUT2D eigenvalue weighted by Gasteiger charge is -2.21. The van der Waals surface area contributed by atoms with E-state index >= 15 is 0 Å². The Bertz CT molecular complexity index is 1020. The summed E-state index contributed by atoms with van der Waals surface area (Å²) in [5.74, 6) is -0.310. The second-order valence-corrected chi connectivity index (χ2v) is 10.5. The minimum absolute atomic E-state index is 0.0349. The topological polar surface area (TPSA) is 95.8 Å². The fourth-order valence-corrected chi connectivity index (χ4v) is 3.60. The van der Waals surface area contributed by atoms with Crippen LogP contribution in [-0.2, 0) is 9.53 Å². The van der Waals surface area contributed by atoms with E-state index < -0.39 is 23.8 Å². The first kappa shape index (κ1) is 28.7. The summed E-state index contributed by atoms with van der Waals surface area (Å²) in [5.41, 5.74) is 2.15. The molecule has 2 N–H and O–H groups in total. The van der Waals surface area contributed by atoms with E-state index in [1.807, 2.05) is 31.5 Å². The number of hydrogen-bond donors (Lipinski definition) is 2. The molecule has 0 aliphatic carbocycles. The Labute approximate surface area is 211 Å². The average molecular weight is 506 g/mol. The molecular weight excluding hydrogens is 469 g/mol. The predicted octanol–water partition coefficient (Wildman–Crippen LogP) is 4.98. The van der Waals surface area contributed by atoms with Gasteiger partial charge in [0.15, 0.2) is 0 Å². The zero-order valence-corrected chi connectivity index (χ0v) is 22.3. The Kier molecular flexibility index (Phi) is 10.2. The molecule has 2 atom stereocenters. The molecule has 0 aliphatic rings. The summed E-state index contributed by atoms with van der Waals surface area (Å²) in [4.78, 5) is 21.4. The van der Waals surface area contributed by atoms with Crippen molar-refractivity contribution in [2.45, 2.75) is 71.2 Å². The Hall–Kier alpha value is -2.49. The van der Waals surface area contributed by atoms with Crippen LogP contribution in [-0.4, -0.2) is 57.3 Å². The van der Waals surface area contributed by atoms with Crippen LogP contribution in [0.3, 0.4) is 0 Å². The molecule has 0 saturated carbocycles. The van der Waals surface area contributed by atoms with Gasteiger partial charge in [-0.15, -0.1) is 0 Å². The molecule has 0 aliphatic heterocycles. The van der Waals surface area contributed by atoms with Gasteiger partial charge < -0.3 is 14.9 Å². The molecule has 1 aromatic heterocycles. The van der Waals surface area contributed by atoms with Crippen LogP contribution < -0.4 is 4.31 Å². The van der Waals surface area contributed by atoms with E-state index in [-0.39, 0.29) is 24.6 Å². The summed E-state index contributed by atoms with van der Waals surface area (Å²) >= 11 is 1.47. The molecular formula is C26H36FN3O4S. The number of hydrogen-bond acceptors (Lipinski definition) is 8. The van der Waals surface area contributed by atoms with Crippen molar-refractivity contribution in [2.75, 3.05) is 17.6 Å². The van der Waals surface area contributed by atoms with Crippen LogP contribution in [0.5, 0.6) is 0 Å². The molecule has 0 bridgehead atoms. The van der Waals surface area contributed by atoms with Gasteiger partial charge in [0.05, 0.1) is 30.0 Å². The fraction of sp³-hybridized carbons (Fsp3) is 0.500. The Morgan fingerprint density at radius 3 is 2.37 bits per heavy atom. The number of aliphatic hydroxyl groups is 2. The van der Waals surface area contributed by atoms with Crippen LogP contribution in [0.15, 0.2) is 30.3 Å². The molecule has 2 rings (SSSR count). The number of carbonyl (C=O) groups excluding carboxylic acids is 1. The summed E-state index contributed by atoms with van der Waals surface area (Å²) in [6.07, 6.45) is 2.88. The van der Waals surface area contributed by atoms with Crippen molar-refractivity contribution in [3.05, 3.63) is 47.4 Å². The van der Waals surface area contributed by atoms with E-state index in [9.17, 15) is 19.4 Å². The number of anilines is 1. The second kappa shape index (κ2) is 12.5. The van der Waals surface area contributed by atoms with E-state index in [0.717, 1.165) is 5.69 Å². The van der Waals surface area contributed by atoms with Gasteiger partial charge in [-0.25, -0.2) is 14.4 Å². The van der Waals surface area contributed by atoms with Crippen molar-refractivity contribution in [2.24, 2.45) is 0 Å². The number of ether oxygens (including phenoxy) is 1. The highest BCUT2D eigenvalue weighted by Crippen LogP contribution is 2.32. The normalized spacial score (nSPS) is 13.8. The summed E-state index contributed by atoms with van der Waals surface area (Å²) in [7, 11) is 1.86. The largest absolute Gasteiger partial charge is 0.460 e. The van der Waals surface area contributed by atoms with Crippen LogP contribution in [0, 0.1) is 5.82 Å². The van der Waals surface area contributed by atoms with Crippen molar-refractivity contribution in [3.8, 4) is 11.3 Å². The summed E-state index contributed by atoms with van der Waals surface area (Å²) < 4.78 is 20.6. The van der Waals surface area contributed by atoms with Gasteiger partial charge in [-0.1, -0.05) is 37.9 Å². The van der Waals surface area contributed by atoms with Gasteiger partial charge in [0.1, 0.15) is 11.4 Å². The highest BCUT2D eigenvalue weighted by atomic mass is 32.2. The molecule has 0 radical (unpaired) electrons. The van der Waals surface area contributed by atoms with Crippen molar-refractivity contribution in [3.63, 3.8) is 0 Å². The number of halogens is 1. The maximum absolute atomic E-state index is 13.6. The molecule has 0 fully saturated rings. The van der Waals surface area contributed by atoms with Crippen LogP contribution in [0.25, 0.3) is 17.3 Å². The average Bonchev–Trinajstić information content (AvgIpc) is 2.75. The number of rotatable bonds is 10. The highest BCUT2D eigenvalue weighted by molar-refractivity contribution is 7.99. The lowest BCUT2D eigenvalue weighted by molar-refractivity contribution is -0.157. The van der Waals surface area contributed by atoms with E-state index in [0.29, 0.717) is 22.8 Å². The van der Waals surface area contributed by atoms with Crippen molar-refractivity contribution >= 4 is 29.9 Å². The third kappa shape index (κ3) is 8.91. The lowest BCUT2D eigenvalue weighted by Crippen LogP contribution is -2.27. The van der Waals surface area contributed by atoms with Gasteiger partial charge in [-0.2, -0.15) is 0 Å². The molecule has 1 heterocycles. The first-order valence-corrected chi connectivity index (χ1v) is 12.7. The van der Waals surface area contributed by atoms with Gasteiger partial charge >= 0.3 is 5.97 Å². The first-order chi connectivity index (χ1) is 16.3. The van der Waals surface area contributed by atoms with Gasteiger partial charge in [-0.3, -0.25) is 9.10 Å². The zero-order valence-electron chi connectivity index (χ0n) is 21.4. The number of benzene rings is 1. The third-order valence-electron chi connectivity index (χ3n) is 5.00. The van der Waals surface area contributed by atoms with Crippen LogP contribution >= 0.6 is 11.9 Å². The van der Waals surface area contributed by atoms with Crippen molar-refractivity contribution < 1.29 is 24.1 Å². The van der Waals surface area contributed by atoms with Crippen LogP contribution in [0.4, 0.5) is 10.3 Å². The first-order valence-electron chi connectivity index (χ1n) is 11.5. The smallest absolute Gasteiger partial charge is 0.308 e. The van der Waals surface area contributed by atoms with Gasteiger partial charge in [0.2, 0.25) is 5.95 Å². The lowest BCUT2D eigenvalue weighted by atomic mass is 9.97. The van der Waals surface area contributed by atoms with Crippen molar-refractivity contribution in [1.29, 1.82) is 0 Å². The maximum Gasteiger partial charge on any atom is 0.308 e. The number of esters is 1. The van der Waals surface area contributed by atoms with E-state index in [2.05, 4.69) is 0 Å². The molecule has 1 aromatic carbocycles. The number of carbonyl (C=O) groups is 1. The van der Waals surface area contributed by atoms with Crippen LogP contribution in [0.2, 0.25) is 0 Å². The zero-order chi connectivity index (χ0) is 26.3. The van der Waals surface area contributed by atoms with E-state index in [4.69, 9.17) is 14.7 Å². The van der Waals surface area contributed by atoms with Gasteiger partial charge in [0, 0.05) is 30.9 Å². The molecule has 2 unspecified atom stereocenters. The molecule has 35 heavy (non-hydrogen) atoms. The number of aromatic nitrogens is 2. The predicted molar refractivity (Wildman–Crippen MR) is 140 cm³/mol. The molecule has 0 amide bonds. The molecule has 7 nitrogen and oxygen atoms in total. The maximum atomic E-state index is 13.6. The fourth-order valence-electron chi connectivity index (χ4n) is 3.35. The summed E-state index contributed by atoms with van der Waals surface area (Å²) in [6, 6.07) is 6.06. The molecule has 0 saturated heterocycles. The molecule has 192 valence electrons. The standard InChI is InChI=1S/C26H36FN3O4S/c1-16(2)23-21(13-12-19(31)14-20(32)15-22(33)34-26(3,4)5)24(17-8-10-18(27)11-9-17)29-25(28-23)30(6)35-7/h8-13,16,19-20,31-32H,14-15H2,1-7H3/b13-12+. The third-order valence-corrected chi connectivity index (χ3v) is 5.72.